The number of carbonyl (C=O) groups is 2. The number of rotatable bonds is 4. The van der Waals surface area contributed by atoms with E-state index in [0.717, 1.165) is 30.1 Å². The Morgan fingerprint density at radius 1 is 1.34 bits per heavy atom. The molecule has 14 heteroatoms. The summed E-state index contributed by atoms with van der Waals surface area (Å²) in [5.41, 5.74) is 1.17. The predicted octanol–water partition coefficient (Wildman–Crippen LogP) is 4.06. The molecule has 0 atom stereocenters. The van der Waals surface area contributed by atoms with Gasteiger partial charge >= 0.3 is 10.8 Å². The molecule has 1 N–H and O–H groups in total. The number of amides is 1. The lowest BCUT2D eigenvalue weighted by Gasteiger charge is -2.28. The molecule has 4 aromatic rings. The highest BCUT2D eigenvalue weighted by atomic mass is 35.5. The molecule has 6 rings (SSSR count). The number of fused-ring (bicyclic) bond motifs is 3. The molecule has 0 spiro atoms. The molecule has 1 amide bonds. The van der Waals surface area contributed by atoms with Gasteiger partial charge in [-0.2, -0.15) is 4.37 Å². The Labute approximate surface area is 246 Å². The van der Waals surface area contributed by atoms with E-state index in [-0.39, 0.29) is 41.6 Å². The number of carbonyl (C=O) groups excluding carboxylic acids is 1. The first-order valence-electron chi connectivity index (χ1n) is 12.3. The molecule has 4 heterocycles. The molecule has 0 fully saturated rings. The van der Waals surface area contributed by atoms with Crippen molar-refractivity contribution in [2.75, 3.05) is 18.1 Å². The molecule has 10 nitrogen and oxygen atoms in total. The van der Waals surface area contributed by atoms with E-state index >= 15 is 0 Å². The molecule has 0 unspecified atom stereocenters. The quantitative estimate of drug-likeness (QED) is 0.346. The summed E-state index contributed by atoms with van der Waals surface area (Å²) < 4.78 is 28.2. The second kappa shape index (κ2) is 11.1. The maximum absolute atomic E-state index is 14.5. The minimum atomic E-state index is -1.06. The summed E-state index contributed by atoms with van der Waals surface area (Å²) in [5.74, 6) is 1.86. The zero-order valence-electron chi connectivity index (χ0n) is 21.9. The van der Waals surface area contributed by atoms with Crippen LogP contribution in [0.5, 0.6) is 5.75 Å². The van der Waals surface area contributed by atoms with Crippen molar-refractivity contribution in [3.8, 4) is 18.1 Å². The number of anilines is 1. The molecular formula is C27H23ClFN5O5S2. The van der Waals surface area contributed by atoms with Crippen LogP contribution >= 0.6 is 34.5 Å². The van der Waals surface area contributed by atoms with Gasteiger partial charge in [0.05, 0.1) is 27.5 Å². The number of carboxylic acid groups (broad SMARTS) is 1. The lowest BCUT2D eigenvalue weighted by atomic mass is 9.92. The van der Waals surface area contributed by atoms with E-state index < -0.39 is 11.8 Å². The van der Waals surface area contributed by atoms with Crippen LogP contribution in [0.2, 0.25) is 5.02 Å². The van der Waals surface area contributed by atoms with Crippen LogP contribution in [-0.4, -0.2) is 43.6 Å². The van der Waals surface area contributed by atoms with Crippen LogP contribution in [0, 0.1) is 23.6 Å². The molecule has 0 saturated carbocycles. The van der Waals surface area contributed by atoms with Gasteiger partial charge in [0.15, 0.2) is 12.4 Å². The number of ether oxygens (including phenoxy) is 1. The molecular weight excluding hydrogens is 593 g/mol. The average molecular weight is 616 g/mol. The van der Waals surface area contributed by atoms with Crippen molar-refractivity contribution in [1.29, 1.82) is 0 Å². The van der Waals surface area contributed by atoms with Crippen LogP contribution in [-0.2, 0) is 29.1 Å². The van der Waals surface area contributed by atoms with Crippen molar-refractivity contribution >= 4 is 67.9 Å². The van der Waals surface area contributed by atoms with Crippen LogP contribution in [0.15, 0.2) is 40.1 Å². The molecule has 2 aliphatic heterocycles. The second-order valence-corrected chi connectivity index (χ2v) is 12.2. The fraction of sp³-hybridized carbons (Fsp3) is 0.296. The summed E-state index contributed by atoms with van der Waals surface area (Å²) in [6, 6.07) is 7.86. The lowest BCUT2D eigenvalue weighted by molar-refractivity contribution is -0.137. The Kier molecular flexibility index (Phi) is 7.74. The van der Waals surface area contributed by atoms with E-state index in [1.54, 1.807) is 18.2 Å². The minimum Gasteiger partial charge on any atom is -0.481 e. The Morgan fingerprint density at radius 2 is 2.12 bits per heavy atom. The van der Waals surface area contributed by atoms with E-state index in [1.165, 1.54) is 33.1 Å². The summed E-state index contributed by atoms with van der Waals surface area (Å²) in [5, 5.41) is 9.06. The average Bonchev–Trinajstić information content (AvgIpc) is 3.52. The number of aromatic nitrogens is 3. The SMILES string of the molecule is C#CCN1C(=O)COc2cc(F)c(/N=c3\snc4n3CC(C)(C)C4)cc21.O=C(O)Cn1c(=O)sc2cccc(Cl)c21. The predicted molar refractivity (Wildman–Crippen MR) is 155 cm³/mol. The Hall–Kier alpha value is -3.99. The largest absolute Gasteiger partial charge is 0.481 e. The number of para-hydroxylation sites is 1. The van der Waals surface area contributed by atoms with Crippen molar-refractivity contribution in [2.45, 2.75) is 33.4 Å². The molecule has 212 valence electrons. The number of thiazole rings is 1. The van der Waals surface area contributed by atoms with E-state index in [1.807, 2.05) is 4.57 Å². The first-order valence-corrected chi connectivity index (χ1v) is 14.2. The van der Waals surface area contributed by atoms with Gasteiger partial charge < -0.3 is 14.4 Å². The van der Waals surface area contributed by atoms with Gasteiger partial charge in [0.25, 0.3) is 5.91 Å². The summed E-state index contributed by atoms with van der Waals surface area (Å²) >= 11 is 8.15. The van der Waals surface area contributed by atoms with Gasteiger partial charge in [0.2, 0.25) is 4.80 Å². The monoisotopic (exact) mass is 615 g/mol. The number of benzene rings is 2. The van der Waals surface area contributed by atoms with Gasteiger partial charge in [-0.15, -0.1) is 6.42 Å². The van der Waals surface area contributed by atoms with Crippen molar-refractivity contribution in [3.63, 3.8) is 0 Å². The number of terminal acetylenes is 1. The van der Waals surface area contributed by atoms with E-state index in [4.69, 9.17) is 27.9 Å². The van der Waals surface area contributed by atoms with Crippen LogP contribution in [0.4, 0.5) is 15.8 Å². The third-order valence-electron chi connectivity index (χ3n) is 6.37. The van der Waals surface area contributed by atoms with E-state index in [9.17, 15) is 18.8 Å². The first kappa shape index (κ1) is 28.5. The summed E-state index contributed by atoms with van der Waals surface area (Å²) in [4.78, 5) is 40.3. The summed E-state index contributed by atoms with van der Waals surface area (Å²) in [6.45, 7) is 4.70. The van der Waals surface area contributed by atoms with E-state index in [0.29, 0.717) is 31.5 Å². The third kappa shape index (κ3) is 5.76. The van der Waals surface area contributed by atoms with Gasteiger partial charge in [-0.3, -0.25) is 23.9 Å². The van der Waals surface area contributed by atoms with Crippen molar-refractivity contribution in [3.05, 3.63) is 61.5 Å². The zero-order valence-corrected chi connectivity index (χ0v) is 24.3. The van der Waals surface area contributed by atoms with Crippen molar-refractivity contribution < 1.29 is 23.8 Å². The molecule has 0 saturated heterocycles. The number of nitrogens with zero attached hydrogens (tertiary/aromatic N) is 5. The fourth-order valence-electron chi connectivity index (χ4n) is 4.61. The number of hydrogen-bond donors (Lipinski definition) is 1. The molecule has 2 aromatic carbocycles. The third-order valence-corrected chi connectivity index (χ3v) is 8.39. The molecule has 2 aliphatic rings. The summed E-state index contributed by atoms with van der Waals surface area (Å²) in [6.07, 6.45) is 6.22. The second-order valence-electron chi connectivity index (χ2n) is 10.1. The van der Waals surface area contributed by atoms with Crippen molar-refractivity contribution in [2.24, 2.45) is 10.4 Å². The number of halogens is 2. The highest BCUT2D eigenvalue weighted by Gasteiger charge is 2.31. The van der Waals surface area contributed by atoms with Gasteiger partial charge in [-0.1, -0.05) is 48.8 Å². The molecule has 0 radical (unpaired) electrons. The Morgan fingerprint density at radius 3 is 2.85 bits per heavy atom. The highest BCUT2D eigenvalue weighted by Crippen LogP contribution is 2.37. The standard InChI is InChI=1S/C18H17FN4O2S.C9H6ClNO3S/c1-4-5-22-13-7-12(11(19)6-14(13)25-9-16(22)24)20-17-23-10-18(2,3)8-15(23)21-26-17;10-5-2-1-3-6-8(5)11(4-7(12)13)9(14)15-6/h1,6-7H,5,8-10H2,2-3H3;1-3H,4H2,(H,12,13)/b20-17-;. The number of hydrogen-bond acceptors (Lipinski definition) is 8. The van der Waals surface area contributed by atoms with Crippen molar-refractivity contribution in [1.82, 2.24) is 13.5 Å². The first-order chi connectivity index (χ1) is 19.5. The zero-order chi connectivity index (χ0) is 29.5. The van der Waals surface area contributed by atoms with Crippen LogP contribution in [0.3, 0.4) is 0 Å². The minimum absolute atomic E-state index is 0.0964. The van der Waals surface area contributed by atoms with Crippen LogP contribution in [0.1, 0.15) is 19.7 Å². The highest BCUT2D eigenvalue weighted by molar-refractivity contribution is 7.16. The maximum Gasteiger partial charge on any atom is 0.323 e. The Bertz CT molecular complexity index is 1870. The normalized spacial score (nSPS) is 15.5. The van der Waals surface area contributed by atoms with Crippen LogP contribution in [0.25, 0.3) is 10.2 Å². The van der Waals surface area contributed by atoms with Gasteiger partial charge in [-0.05, 0) is 23.6 Å². The number of aliphatic carboxylic acids is 1. The van der Waals surface area contributed by atoms with Gasteiger partial charge in [0, 0.05) is 30.6 Å². The van der Waals surface area contributed by atoms with E-state index in [2.05, 4.69) is 29.1 Å². The lowest BCUT2D eigenvalue weighted by Crippen LogP contribution is -2.39. The maximum atomic E-state index is 14.5. The fourth-order valence-corrected chi connectivity index (χ4v) is 6.61. The topological polar surface area (TPSA) is 119 Å². The smallest absolute Gasteiger partial charge is 0.323 e. The van der Waals surface area contributed by atoms with Gasteiger partial charge in [0.1, 0.15) is 23.8 Å². The molecule has 0 aliphatic carbocycles. The molecule has 2 aromatic heterocycles. The molecule has 41 heavy (non-hydrogen) atoms. The number of carboxylic acids is 1. The van der Waals surface area contributed by atoms with Gasteiger partial charge in [-0.25, -0.2) is 9.38 Å². The Balaban J connectivity index is 0.000000191. The van der Waals surface area contributed by atoms with Crippen LogP contribution < -0.4 is 19.3 Å². The molecule has 0 bridgehead atoms. The summed E-state index contributed by atoms with van der Waals surface area (Å²) in [7, 11) is 0.